The molecule has 150 valence electrons. The van der Waals surface area contributed by atoms with Crippen LogP contribution in [0, 0.1) is 5.82 Å². The predicted octanol–water partition coefficient (Wildman–Crippen LogP) is 5.32. The van der Waals surface area contributed by atoms with Gasteiger partial charge in [-0.05, 0) is 84.9 Å². The number of rotatable bonds is 4. The fraction of sp³-hybridized carbons (Fsp3) is 0.0870. The molecule has 1 aromatic heterocycles. The molecule has 0 aliphatic rings. The van der Waals surface area contributed by atoms with E-state index >= 15 is 0 Å². The van der Waals surface area contributed by atoms with Gasteiger partial charge in [-0.1, -0.05) is 13.0 Å². The van der Waals surface area contributed by atoms with E-state index in [1.807, 2.05) is 42.5 Å². The zero-order valence-electron chi connectivity index (χ0n) is 16.1. The lowest BCUT2D eigenvalue weighted by atomic mass is 10.1. The molecule has 2 N–H and O–H groups in total. The summed E-state index contributed by atoms with van der Waals surface area (Å²) in [6.45, 7) is 2.10. The Hall–Kier alpha value is -3.58. The number of nitrogens with zero attached hydrogens (tertiary/aromatic N) is 1. The van der Waals surface area contributed by atoms with Crippen LogP contribution in [0.3, 0.4) is 0 Å². The monoisotopic (exact) mass is 419 g/mol. The summed E-state index contributed by atoms with van der Waals surface area (Å²) in [4.78, 5) is 16.7. The van der Waals surface area contributed by atoms with Gasteiger partial charge in [0.05, 0.1) is 0 Å². The Bertz CT molecular complexity index is 1220. The molecule has 7 heteroatoms. The summed E-state index contributed by atoms with van der Waals surface area (Å²) in [7, 11) is 0. The molecule has 0 spiro atoms. The number of amides is 1. The number of benzene rings is 3. The Balaban J connectivity index is 1.42. The second-order valence-electron chi connectivity index (χ2n) is 6.67. The number of thiocarbonyl (C=S) groups is 1. The van der Waals surface area contributed by atoms with Crippen LogP contribution in [0.2, 0.25) is 0 Å². The molecule has 0 saturated heterocycles. The van der Waals surface area contributed by atoms with Crippen LogP contribution in [0.5, 0.6) is 0 Å². The van der Waals surface area contributed by atoms with Gasteiger partial charge < -0.3 is 9.73 Å². The highest BCUT2D eigenvalue weighted by atomic mass is 32.1. The highest BCUT2D eigenvalue weighted by Crippen LogP contribution is 2.26. The van der Waals surface area contributed by atoms with Crippen LogP contribution in [-0.2, 0) is 6.42 Å². The summed E-state index contributed by atoms with van der Waals surface area (Å²) in [5.74, 6) is -0.281. The number of oxazole rings is 1. The minimum Gasteiger partial charge on any atom is -0.436 e. The van der Waals surface area contributed by atoms with E-state index in [1.54, 1.807) is 0 Å². The quantitative estimate of drug-likeness (QED) is 0.438. The lowest BCUT2D eigenvalue weighted by Gasteiger charge is -2.10. The third-order valence-electron chi connectivity index (χ3n) is 4.58. The van der Waals surface area contributed by atoms with Crippen molar-refractivity contribution in [2.24, 2.45) is 0 Å². The summed E-state index contributed by atoms with van der Waals surface area (Å²) in [5, 5.41) is 5.66. The number of aromatic nitrogens is 1. The average molecular weight is 419 g/mol. The maximum Gasteiger partial charge on any atom is 0.257 e. The third-order valence-corrected chi connectivity index (χ3v) is 4.79. The van der Waals surface area contributed by atoms with Gasteiger partial charge in [-0.2, -0.15) is 0 Å². The minimum atomic E-state index is -0.415. The first-order valence-electron chi connectivity index (χ1n) is 9.39. The first-order valence-corrected chi connectivity index (χ1v) is 9.80. The van der Waals surface area contributed by atoms with Crippen LogP contribution in [0.15, 0.2) is 71.1 Å². The maximum atomic E-state index is 13.0. The number of hydrogen-bond donors (Lipinski definition) is 2. The van der Waals surface area contributed by atoms with Gasteiger partial charge in [0.1, 0.15) is 11.3 Å². The minimum absolute atomic E-state index is 0.144. The van der Waals surface area contributed by atoms with Crippen LogP contribution in [-0.4, -0.2) is 16.0 Å². The summed E-state index contributed by atoms with van der Waals surface area (Å²) >= 11 is 5.18. The van der Waals surface area contributed by atoms with Gasteiger partial charge in [-0.3, -0.25) is 10.1 Å². The Morgan fingerprint density at radius 3 is 2.50 bits per heavy atom. The number of hydrogen-bond acceptors (Lipinski definition) is 4. The predicted molar refractivity (Wildman–Crippen MR) is 119 cm³/mol. The standard InChI is InChI=1S/C23H18FN3O2S/c1-2-14-3-12-20-19(13-14)26-22(29-20)16-6-10-18(11-7-16)25-23(30)27-21(28)15-4-8-17(24)9-5-15/h3-13H,2H2,1H3,(H2,25,27,28,30). The SMILES string of the molecule is CCc1ccc2oc(-c3ccc(NC(=S)NC(=O)c4ccc(F)cc4)cc3)nc2c1. The van der Waals surface area contributed by atoms with Crippen LogP contribution in [0.25, 0.3) is 22.6 Å². The molecule has 0 atom stereocenters. The molecule has 1 heterocycles. The van der Waals surface area contributed by atoms with E-state index < -0.39 is 11.7 Å². The Labute approximate surface area is 177 Å². The molecule has 4 aromatic rings. The molecule has 3 aromatic carbocycles. The van der Waals surface area contributed by atoms with Gasteiger partial charge in [0.15, 0.2) is 10.7 Å². The van der Waals surface area contributed by atoms with Crippen molar-refractivity contribution in [2.45, 2.75) is 13.3 Å². The van der Waals surface area contributed by atoms with Gasteiger partial charge in [0, 0.05) is 16.8 Å². The number of nitrogens with one attached hydrogen (secondary N) is 2. The van der Waals surface area contributed by atoms with Crippen molar-refractivity contribution in [3.63, 3.8) is 0 Å². The molecule has 0 bridgehead atoms. The molecule has 0 radical (unpaired) electrons. The van der Waals surface area contributed by atoms with Crippen molar-refractivity contribution >= 4 is 40.0 Å². The smallest absolute Gasteiger partial charge is 0.257 e. The lowest BCUT2D eigenvalue weighted by Crippen LogP contribution is -2.34. The molecule has 0 aliphatic carbocycles. The largest absolute Gasteiger partial charge is 0.436 e. The third kappa shape index (κ3) is 4.36. The molecule has 5 nitrogen and oxygen atoms in total. The molecule has 0 fully saturated rings. The second kappa shape index (κ2) is 8.42. The maximum absolute atomic E-state index is 13.0. The second-order valence-corrected chi connectivity index (χ2v) is 7.08. The molecule has 1 amide bonds. The van der Waals surface area contributed by atoms with Crippen molar-refractivity contribution in [3.8, 4) is 11.5 Å². The number of carbonyl (C=O) groups is 1. The molecular formula is C23H18FN3O2S. The van der Waals surface area contributed by atoms with E-state index in [0.717, 1.165) is 23.1 Å². The first kappa shape index (κ1) is 19.7. The fourth-order valence-electron chi connectivity index (χ4n) is 2.95. The van der Waals surface area contributed by atoms with Gasteiger partial charge >= 0.3 is 0 Å². The Morgan fingerprint density at radius 2 is 1.80 bits per heavy atom. The normalized spacial score (nSPS) is 10.7. The van der Waals surface area contributed by atoms with Crippen LogP contribution in [0.1, 0.15) is 22.8 Å². The number of carbonyl (C=O) groups excluding carboxylic acids is 1. The zero-order chi connectivity index (χ0) is 21.1. The van der Waals surface area contributed by atoms with Gasteiger partial charge in [0.25, 0.3) is 5.91 Å². The van der Waals surface area contributed by atoms with Crippen LogP contribution >= 0.6 is 12.2 Å². The lowest BCUT2D eigenvalue weighted by molar-refractivity contribution is 0.0977. The molecule has 30 heavy (non-hydrogen) atoms. The molecule has 0 unspecified atom stereocenters. The van der Waals surface area contributed by atoms with Crippen LogP contribution in [0.4, 0.5) is 10.1 Å². The molecule has 4 rings (SSSR count). The first-order chi connectivity index (χ1) is 14.5. The van der Waals surface area contributed by atoms with Crippen molar-refractivity contribution in [1.82, 2.24) is 10.3 Å². The summed E-state index contributed by atoms with van der Waals surface area (Å²) in [5.41, 5.74) is 4.63. The van der Waals surface area contributed by atoms with Crippen molar-refractivity contribution in [2.75, 3.05) is 5.32 Å². The van der Waals surface area contributed by atoms with Gasteiger partial charge in [-0.25, -0.2) is 9.37 Å². The molecular weight excluding hydrogens is 401 g/mol. The summed E-state index contributed by atoms with van der Waals surface area (Å²) in [6.07, 6.45) is 0.941. The van der Waals surface area contributed by atoms with E-state index in [2.05, 4.69) is 22.5 Å². The summed E-state index contributed by atoms with van der Waals surface area (Å²) < 4.78 is 18.8. The zero-order valence-corrected chi connectivity index (χ0v) is 16.9. The van der Waals surface area contributed by atoms with Gasteiger partial charge in [0.2, 0.25) is 5.89 Å². The van der Waals surface area contributed by atoms with E-state index in [9.17, 15) is 9.18 Å². The fourth-order valence-corrected chi connectivity index (χ4v) is 3.16. The van der Waals surface area contributed by atoms with E-state index in [4.69, 9.17) is 16.6 Å². The highest BCUT2D eigenvalue weighted by Gasteiger charge is 2.10. The van der Waals surface area contributed by atoms with Crippen molar-refractivity contribution in [3.05, 3.63) is 83.7 Å². The highest BCUT2D eigenvalue weighted by molar-refractivity contribution is 7.80. The molecule has 0 saturated carbocycles. The number of halogens is 1. The number of fused-ring (bicyclic) bond motifs is 1. The summed E-state index contributed by atoms with van der Waals surface area (Å²) in [6, 6.07) is 18.6. The van der Waals surface area contributed by atoms with Crippen LogP contribution < -0.4 is 10.6 Å². The van der Waals surface area contributed by atoms with E-state index in [1.165, 1.54) is 29.8 Å². The Kier molecular flexibility index (Phi) is 5.54. The van der Waals surface area contributed by atoms with E-state index in [-0.39, 0.29) is 5.11 Å². The van der Waals surface area contributed by atoms with Crippen molar-refractivity contribution in [1.29, 1.82) is 0 Å². The molecule has 0 aliphatic heterocycles. The average Bonchev–Trinajstić information content (AvgIpc) is 3.17. The number of anilines is 1. The Morgan fingerprint density at radius 1 is 1.07 bits per heavy atom. The topological polar surface area (TPSA) is 67.2 Å². The van der Waals surface area contributed by atoms with E-state index in [0.29, 0.717) is 17.1 Å². The number of aryl methyl sites for hydroxylation is 1. The van der Waals surface area contributed by atoms with Crippen molar-refractivity contribution < 1.29 is 13.6 Å². The van der Waals surface area contributed by atoms with Gasteiger partial charge in [-0.15, -0.1) is 0 Å².